The topological polar surface area (TPSA) is 49.9 Å². The first-order valence-corrected chi connectivity index (χ1v) is 7.60. The Morgan fingerprint density at radius 3 is 1.78 bits per heavy atom. The molecule has 1 rings (SSSR count). The van der Waals surface area contributed by atoms with Crippen LogP contribution in [0.4, 0.5) is 18.0 Å². The van der Waals surface area contributed by atoms with Gasteiger partial charge in [0.05, 0.1) is 7.11 Å². The largest absolute Gasteiger partial charge is 0.471 e. The van der Waals surface area contributed by atoms with Crippen LogP contribution >= 0.6 is 0 Å². The lowest BCUT2D eigenvalue weighted by Crippen LogP contribution is -2.54. The SMILES string of the molecule is COC(=O)N(C1CCC(N(C)C(=O)C(F)(F)F)CC1)C(C)(C)C. The smallest absolute Gasteiger partial charge is 0.453 e. The molecule has 0 aliphatic heterocycles. The summed E-state index contributed by atoms with van der Waals surface area (Å²) < 4.78 is 42.3. The quantitative estimate of drug-likeness (QED) is 0.777. The molecule has 2 amide bonds. The maximum Gasteiger partial charge on any atom is 0.471 e. The highest BCUT2D eigenvalue weighted by molar-refractivity contribution is 5.81. The second-order valence-corrected chi connectivity index (χ2v) is 6.89. The van der Waals surface area contributed by atoms with Crippen molar-refractivity contribution in [1.29, 1.82) is 0 Å². The van der Waals surface area contributed by atoms with E-state index in [0.29, 0.717) is 25.7 Å². The van der Waals surface area contributed by atoms with Crippen LogP contribution in [-0.4, -0.2) is 59.8 Å². The molecule has 1 saturated carbocycles. The number of carbonyl (C=O) groups excluding carboxylic acids is 2. The summed E-state index contributed by atoms with van der Waals surface area (Å²) in [5.74, 6) is -1.82. The van der Waals surface area contributed by atoms with Crippen molar-refractivity contribution in [3.05, 3.63) is 0 Å². The number of amides is 2. The van der Waals surface area contributed by atoms with Crippen LogP contribution in [-0.2, 0) is 9.53 Å². The van der Waals surface area contributed by atoms with Crippen molar-refractivity contribution < 1.29 is 27.5 Å². The number of ether oxygens (including phenoxy) is 1. The fourth-order valence-electron chi connectivity index (χ4n) is 3.14. The van der Waals surface area contributed by atoms with Crippen molar-refractivity contribution in [2.45, 2.75) is 70.3 Å². The highest BCUT2D eigenvalue weighted by atomic mass is 19.4. The Balaban J connectivity index is 2.74. The van der Waals surface area contributed by atoms with Crippen LogP contribution in [0.25, 0.3) is 0 Å². The summed E-state index contributed by atoms with van der Waals surface area (Å²) in [6.45, 7) is 5.65. The van der Waals surface area contributed by atoms with Crippen molar-refractivity contribution in [1.82, 2.24) is 9.80 Å². The fraction of sp³-hybridized carbons (Fsp3) is 0.867. The number of rotatable bonds is 2. The van der Waals surface area contributed by atoms with Gasteiger partial charge < -0.3 is 14.5 Å². The van der Waals surface area contributed by atoms with Crippen LogP contribution in [0.2, 0.25) is 0 Å². The molecule has 0 radical (unpaired) electrons. The molecule has 0 N–H and O–H groups in total. The van der Waals surface area contributed by atoms with Crippen LogP contribution in [0.5, 0.6) is 0 Å². The average Bonchev–Trinajstić information content (AvgIpc) is 2.44. The number of carbonyl (C=O) groups is 2. The molecule has 0 atom stereocenters. The third-order valence-electron chi connectivity index (χ3n) is 4.24. The van der Waals surface area contributed by atoms with E-state index in [9.17, 15) is 22.8 Å². The number of nitrogens with zero attached hydrogens (tertiary/aromatic N) is 2. The third-order valence-corrected chi connectivity index (χ3v) is 4.24. The summed E-state index contributed by atoms with van der Waals surface area (Å²) in [4.78, 5) is 25.7. The Kier molecular flexibility index (Phi) is 5.93. The van der Waals surface area contributed by atoms with Gasteiger partial charge in [-0.3, -0.25) is 4.79 Å². The first-order chi connectivity index (χ1) is 10.4. The van der Waals surface area contributed by atoms with Gasteiger partial charge in [-0.2, -0.15) is 13.2 Å². The molecule has 1 fully saturated rings. The van der Waals surface area contributed by atoms with Crippen molar-refractivity contribution >= 4 is 12.0 Å². The Hall–Kier alpha value is -1.47. The first kappa shape index (κ1) is 19.6. The molecule has 0 bridgehead atoms. The summed E-state index contributed by atoms with van der Waals surface area (Å²) in [6.07, 6.45) is -3.38. The molecule has 1 aliphatic rings. The number of alkyl halides is 3. The number of methoxy groups -OCH3 is 1. The lowest BCUT2D eigenvalue weighted by atomic mass is 9.87. The summed E-state index contributed by atoms with van der Waals surface area (Å²) in [6, 6.07) is -0.562. The van der Waals surface area contributed by atoms with Gasteiger partial charge in [-0.1, -0.05) is 0 Å². The van der Waals surface area contributed by atoms with Gasteiger partial charge in [-0.05, 0) is 46.5 Å². The van der Waals surface area contributed by atoms with E-state index in [0.717, 1.165) is 4.90 Å². The molecule has 8 heteroatoms. The molecule has 23 heavy (non-hydrogen) atoms. The van der Waals surface area contributed by atoms with E-state index in [2.05, 4.69) is 0 Å². The van der Waals surface area contributed by atoms with Gasteiger partial charge in [0.15, 0.2) is 0 Å². The summed E-state index contributed by atoms with van der Waals surface area (Å²) in [7, 11) is 2.49. The molecule has 0 aromatic rings. The summed E-state index contributed by atoms with van der Waals surface area (Å²) in [5, 5.41) is 0. The normalized spacial score (nSPS) is 22.4. The van der Waals surface area contributed by atoms with Crippen molar-refractivity contribution in [2.75, 3.05) is 14.2 Å². The molecule has 5 nitrogen and oxygen atoms in total. The zero-order valence-electron chi connectivity index (χ0n) is 14.2. The number of halogens is 3. The van der Waals surface area contributed by atoms with Gasteiger partial charge in [0.2, 0.25) is 0 Å². The van der Waals surface area contributed by atoms with Crippen LogP contribution in [0.1, 0.15) is 46.5 Å². The van der Waals surface area contributed by atoms with Crippen LogP contribution in [0.15, 0.2) is 0 Å². The lowest BCUT2D eigenvalue weighted by Gasteiger charge is -2.44. The van der Waals surface area contributed by atoms with E-state index in [1.54, 1.807) is 4.90 Å². The Morgan fingerprint density at radius 2 is 1.43 bits per heavy atom. The predicted octanol–water partition coefficient (Wildman–Crippen LogP) is 3.19. The molecule has 134 valence electrons. The van der Waals surface area contributed by atoms with Crippen LogP contribution in [0, 0.1) is 0 Å². The molecule has 0 unspecified atom stereocenters. The number of hydrogen-bond acceptors (Lipinski definition) is 3. The van der Waals surface area contributed by atoms with Crippen LogP contribution < -0.4 is 0 Å². The van der Waals surface area contributed by atoms with Crippen molar-refractivity contribution in [3.8, 4) is 0 Å². The maximum atomic E-state index is 12.5. The van der Waals surface area contributed by atoms with Gasteiger partial charge in [0, 0.05) is 24.7 Å². The minimum atomic E-state index is -4.85. The molecule has 1 aliphatic carbocycles. The van der Waals surface area contributed by atoms with Crippen molar-refractivity contribution in [2.24, 2.45) is 0 Å². The van der Waals surface area contributed by atoms with E-state index >= 15 is 0 Å². The Labute approximate surface area is 134 Å². The molecule has 0 heterocycles. The summed E-state index contributed by atoms with van der Waals surface area (Å²) in [5.41, 5.74) is -0.446. The van der Waals surface area contributed by atoms with Gasteiger partial charge in [-0.25, -0.2) is 4.79 Å². The number of hydrogen-bond donors (Lipinski definition) is 0. The Bertz CT molecular complexity index is 438. The highest BCUT2D eigenvalue weighted by Crippen LogP contribution is 2.32. The first-order valence-electron chi connectivity index (χ1n) is 7.60. The zero-order chi connectivity index (χ0) is 18.0. The van der Waals surface area contributed by atoms with Gasteiger partial charge in [-0.15, -0.1) is 0 Å². The van der Waals surface area contributed by atoms with E-state index in [-0.39, 0.29) is 6.04 Å². The maximum absolute atomic E-state index is 12.5. The molecule has 0 saturated heterocycles. The van der Waals surface area contributed by atoms with Gasteiger partial charge >= 0.3 is 18.2 Å². The molecule has 0 aromatic heterocycles. The monoisotopic (exact) mass is 338 g/mol. The summed E-state index contributed by atoms with van der Waals surface area (Å²) >= 11 is 0. The standard InChI is InChI=1S/C15H25F3N2O3/c1-14(2,3)20(13(22)23-5)11-8-6-10(7-9-11)19(4)12(21)15(16,17)18/h10-11H,6-9H2,1-5H3. The molecule has 0 aromatic carbocycles. The van der Waals surface area contributed by atoms with E-state index < -0.39 is 29.8 Å². The van der Waals surface area contributed by atoms with E-state index in [4.69, 9.17) is 4.74 Å². The minimum Gasteiger partial charge on any atom is -0.453 e. The van der Waals surface area contributed by atoms with E-state index in [1.165, 1.54) is 14.2 Å². The Morgan fingerprint density at radius 1 is 1.00 bits per heavy atom. The molecular weight excluding hydrogens is 313 g/mol. The van der Waals surface area contributed by atoms with Crippen LogP contribution in [0.3, 0.4) is 0 Å². The lowest BCUT2D eigenvalue weighted by molar-refractivity contribution is -0.186. The predicted molar refractivity (Wildman–Crippen MR) is 78.9 cm³/mol. The molecule has 0 spiro atoms. The van der Waals surface area contributed by atoms with Gasteiger partial charge in [0.1, 0.15) is 0 Å². The second kappa shape index (κ2) is 6.97. The fourth-order valence-corrected chi connectivity index (χ4v) is 3.14. The van der Waals surface area contributed by atoms with Gasteiger partial charge in [0.25, 0.3) is 0 Å². The second-order valence-electron chi connectivity index (χ2n) is 6.89. The molecular formula is C15H25F3N2O3. The van der Waals surface area contributed by atoms with Crippen molar-refractivity contribution in [3.63, 3.8) is 0 Å². The minimum absolute atomic E-state index is 0.104. The average molecular weight is 338 g/mol. The highest BCUT2D eigenvalue weighted by Gasteiger charge is 2.44. The zero-order valence-corrected chi connectivity index (χ0v) is 14.2. The van der Waals surface area contributed by atoms with E-state index in [1.807, 2.05) is 20.8 Å². The third kappa shape index (κ3) is 4.75.